The standard InChI is InChI=1S/C9H16O6/c1-8(14-4)9(11,7(10)13-3)5-6(12-2)15-8/h6,11H,5H2,1-4H3/t6-,8+,9-/m0/s1. The van der Waals surface area contributed by atoms with Gasteiger partial charge in [0.05, 0.1) is 7.11 Å². The van der Waals surface area contributed by atoms with Crippen LogP contribution in [0.4, 0.5) is 0 Å². The van der Waals surface area contributed by atoms with Gasteiger partial charge in [-0.1, -0.05) is 0 Å². The van der Waals surface area contributed by atoms with E-state index in [0.717, 1.165) is 0 Å². The third-order valence-corrected chi connectivity index (χ3v) is 2.75. The molecule has 15 heavy (non-hydrogen) atoms. The molecular weight excluding hydrogens is 204 g/mol. The summed E-state index contributed by atoms with van der Waals surface area (Å²) in [7, 11) is 3.95. The largest absolute Gasteiger partial charge is 0.467 e. The topological polar surface area (TPSA) is 74.2 Å². The molecule has 0 unspecified atom stereocenters. The summed E-state index contributed by atoms with van der Waals surface area (Å²) in [5, 5.41) is 10.2. The van der Waals surface area contributed by atoms with E-state index in [1.165, 1.54) is 28.3 Å². The Labute approximate surface area is 88.1 Å². The molecule has 0 aromatic rings. The number of rotatable bonds is 3. The van der Waals surface area contributed by atoms with Crippen molar-refractivity contribution in [1.29, 1.82) is 0 Å². The van der Waals surface area contributed by atoms with Gasteiger partial charge in [-0.25, -0.2) is 4.79 Å². The van der Waals surface area contributed by atoms with Crippen molar-refractivity contribution in [2.75, 3.05) is 21.3 Å². The lowest BCUT2D eigenvalue weighted by Gasteiger charge is -2.33. The maximum absolute atomic E-state index is 11.5. The van der Waals surface area contributed by atoms with Gasteiger partial charge in [0.1, 0.15) is 0 Å². The van der Waals surface area contributed by atoms with Crippen LogP contribution in [0, 0.1) is 0 Å². The highest BCUT2D eigenvalue weighted by Gasteiger charge is 2.63. The zero-order valence-corrected chi connectivity index (χ0v) is 9.27. The molecule has 0 aliphatic carbocycles. The van der Waals surface area contributed by atoms with E-state index in [2.05, 4.69) is 4.74 Å². The lowest BCUT2D eigenvalue weighted by Crippen LogP contribution is -2.56. The molecule has 3 atom stereocenters. The molecule has 0 aromatic carbocycles. The van der Waals surface area contributed by atoms with E-state index in [-0.39, 0.29) is 6.42 Å². The molecule has 1 aliphatic heterocycles. The van der Waals surface area contributed by atoms with E-state index in [1.54, 1.807) is 0 Å². The monoisotopic (exact) mass is 220 g/mol. The first-order valence-corrected chi connectivity index (χ1v) is 4.50. The molecule has 88 valence electrons. The van der Waals surface area contributed by atoms with Crippen LogP contribution >= 0.6 is 0 Å². The van der Waals surface area contributed by atoms with Gasteiger partial charge >= 0.3 is 5.97 Å². The molecule has 0 amide bonds. The minimum atomic E-state index is -1.85. The van der Waals surface area contributed by atoms with E-state index < -0.39 is 23.6 Å². The van der Waals surface area contributed by atoms with Gasteiger partial charge in [0.15, 0.2) is 6.29 Å². The van der Waals surface area contributed by atoms with Crippen LogP contribution in [0.15, 0.2) is 0 Å². The highest BCUT2D eigenvalue weighted by atomic mass is 16.8. The fourth-order valence-corrected chi connectivity index (χ4v) is 1.60. The molecule has 1 N–H and O–H groups in total. The Hall–Kier alpha value is -0.690. The molecule has 0 aromatic heterocycles. The van der Waals surface area contributed by atoms with E-state index >= 15 is 0 Å². The summed E-state index contributed by atoms with van der Waals surface area (Å²) < 4.78 is 19.8. The van der Waals surface area contributed by atoms with Crippen LogP contribution in [-0.2, 0) is 23.7 Å². The maximum Gasteiger partial charge on any atom is 0.343 e. The van der Waals surface area contributed by atoms with Gasteiger partial charge in [-0.15, -0.1) is 0 Å². The van der Waals surface area contributed by atoms with Gasteiger partial charge in [-0.05, 0) is 6.92 Å². The Morgan fingerprint density at radius 1 is 1.47 bits per heavy atom. The van der Waals surface area contributed by atoms with Crippen LogP contribution in [-0.4, -0.2) is 50.1 Å². The third-order valence-electron chi connectivity index (χ3n) is 2.75. The molecule has 0 bridgehead atoms. The summed E-state index contributed by atoms with van der Waals surface area (Å²) in [5.74, 6) is -2.26. The molecule has 6 nitrogen and oxygen atoms in total. The van der Waals surface area contributed by atoms with Crippen molar-refractivity contribution in [3.63, 3.8) is 0 Å². The second-order valence-electron chi connectivity index (χ2n) is 3.49. The van der Waals surface area contributed by atoms with Crippen molar-refractivity contribution < 1.29 is 28.8 Å². The molecule has 1 saturated heterocycles. The number of methoxy groups -OCH3 is 3. The Morgan fingerprint density at radius 3 is 2.47 bits per heavy atom. The van der Waals surface area contributed by atoms with Gasteiger partial charge in [0.2, 0.25) is 11.4 Å². The average molecular weight is 220 g/mol. The van der Waals surface area contributed by atoms with E-state index in [0.29, 0.717) is 0 Å². The van der Waals surface area contributed by atoms with Crippen LogP contribution in [0.25, 0.3) is 0 Å². The van der Waals surface area contributed by atoms with Crippen LogP contribution in [0.3, 0.4) is 0 Å². The number of hydrogen-bond acceptors (Lipinski definition) is 6. The number of esters is 1. The average Bonchev–Trinajstić information content (AvgIpc) is 2.52. The molecular formula is C9H16O6. The van der Waals surface area contributed by atoms with Gasteiger partial charge < -0.3 is 24.1 Å². The van der Waals surface area contributed by atoms with E-state index in [4.69, 9.17) is 14.2 Å². The summed E-state index contributed by atoms with van der Waals surface area (Å²) >= 11 is 0. The molecule has 1 rings (SSSR count). The molecule has 1 heterocycles. The number of ether oxygens (including phenoxy) is 4. The fourth-order valence-electron chi connectivity index (χ4n) is 1.60. The van der Waals surface area contributed by atoms with Crippen LogP contribution in [0.1, 0.15) is 13.3 Å². The second kappa shape index (κ2) is 4.05. The summed E-state index contributed by atoms with van der Waals surface area (Å²) in [4.78, 5) is 11.5. The minimum absolute atomic E-state index is 0.0273. The first kappa shape index (κ1) is 12.4. The first-order valence-electron chi connectivity index (χ1n) is 4.50. The van der Waals surface area contributed by atoms with Gasteiger partial charge in [0, 0.05) is 20.6 Å². The van der Waals surface area contributed by atoms with Gasteiger partial charge in [0.25, 0.3) is 0 Å². The molecule has 6 heteroatoms. The zero-order chi connectivity index (χ0) is 11.7. The summed E-state index contributed by atoms with van der Waals surface area (Å²) in [6.45, 7) is 1.46. The fraction of sp³-hybridized carbons (Fsp3) is 0.889. The van der Waals surface area contributed by atoms with Crippen molar-refractivity contribution >= 4 is 5.97 Å². The first-order chi connectivity index (χ1) is 6.93. The molecule has 1 aliphatic rings. The van der Waals surface area contributed by atoms with Crippen molar-refractivity contribution in [3.05, 3.63) is 0 Å². The van der Waals surface area contributed by atoms with E-state index in [9.17, 15) is 9.90 Å². The minimum Gasteiger partial charge on any atom is -0.467 e. The highest BCUT2D eigenvalue weighted by molar-refractivity contribution is 5.81. The molecule has 0 spiro atoms. The normalized spacial score (nSPS) is 40.5. The second-order valence-corrected chi connectivity index (χ2v) is 3.49. The number of carbonyl (C=O) groups is 1. The van der Waals surface area contributed by atoms with Crippen molar-refractivity contribution in [1.82, 2.24) is 0 Å². The Kier molecular flexibility index (Phi) is 3.34. The molecule has 1 fully saturated rings. The Bertz CT molecular complexity index is 255. The van der Waals surface area contributed by atoms with Crippen molar-refractivity contribution in [2.45, 2.75) is 31.0 Å². The lowest BCUT2D eigenvalue weighted by atomic mass is 9.93. The van der Waals surface area contributed by atoms with Crippen LogP contribution < -0.4 is 0 Å². The van der Waals surface area contributed by atoms with Crippen LogP contribution in [0.5, 0.6) is 0 Å². The summed E-state index contributed by atoms with van der Waals surface area (Å²) in [5.41, 5.74) is -1.85. The molecule has 0 saturated carbocycles. The van der Waals surface area contributed by atoms with E-state index in [1.807, 2.05) is 0 Å². The Balaban J connectivity index is 2.99. The highest BCUT2D eigenvalue weighted by Crippen LogP contribution is 2.41. The quantitative estimate of drug-likeness (QED) is 0.655. The SMILES string of the molecule is COC(=O)[C@@]1(O)C[C@@H](OC)O[C@@]1(C)OC. The third kappa shape index (κ3) is 1.74. The number of carbonyl (C=O) groups excluding carboxylic acids is 1. The Morgan fingerprint density at radius 2 is 2.07 bits per heavy atom. The van der Waals surface area contributed by atoms with Gasteiger partial charge in [-0.2, -0.15) is 0 Å². The van der Waals surface area contributed by atoms with Crippen LogP contribution in [0.2, 0.25) is 0 Å². The summed E-state index contributed by atoms with van der Waals surface area (Å²) in [6.07, 6.45) is -0.723. The van der Waals surface area contributed by atoms with Crippen molar-refractivity contribution in [2.24, 2.45) is 0 Å². The predicted molar refractivity (Wildman–Crippen MR) is 48.9 cm³/mol. The predicted octanol–water partition coefficient (Wildman–Crippen LogP) is -0.354. The van der Waals surface area contributed by atoms with Gasteiger partial charge in [-0.3, -0.25) is 0 Å². The number of hydrogen-bond donors (Lipinski definition) is 1. The summed E-state index contributed by atoms with van der Waals surface area (Å²) in [6, 6.07) is 0. The lowest BCUT2D eigenvalue weighted by molar-refractivity contribution is -0.287. The smallest absolute Gasteiger partial charge is 0.343 e. The molecule has 0 radical (unpaired) electrons. The zero-order valence-electron chi connectivity index (χ0n) is 9.27. The maximum atomic E-state index is 11.5. The number of aliphatic hydroxyl groups is 1. The van der Waals surface area contributed by atoms with Crippen molar-refractivity contribution in [3.8, 4) is 0 Å².